The molecule has 3 N–H and O–H groups in total. The molecule has 1 aromatic rings. The van der Waals surface area contributed by atoms with Crippen molar-refractivity contribution >= 4 is 5.91 Å². The van der Waals surface area contributed by atoms with Crippen LogP contribution in [0.3, 0.4) is 0 Å². The van der Waals surface area contributed by atoms with Crippen molar-refractivity contribution in [2.75, 3.05) is 20.7 Å². The standard InChI is InChI=1S/C14H22N2O3/c1-14(2,9-15)13(18)16(3)8-10-5-6-11(17)12(7-10)19-4/h5-7,17H,8-9,15H2,1-4H3. The van der Waals surface area contributed by atoms with Gasteiger partial charge in [-0.2, -0.15) is 0 Å². The number of nitrogens with two attached hydrogens (primary N) is 1. The first-order chi connectivity index (χ1) is 8.81. The molecule has 106 valence electrons. The van der Waals surface area contributed by atoms with Crippen molar-refractivity contribution in [1.82, 2.24) is 4.90 Å². The number of ether oxygens (including phenoxy) is 1. The first-order valence-corrected chi connectivity index (χ1v) is 6.13. The maximum absolute atomic E-state index is 12.2. The normalized spacial score (nSPS) is 11.2. The molecule has 0 aromatic heterocycles. The molecule has 0 aliphatic rings. The number of phenols is 1. The predicted molar refractivity (Wildman–Crippen MR) is 74.0 cm³/mol. The smallest absolute Gasteiger partial charge is 0.229 e. The molecular formula is C14H22N2O3. The summed E-state index contributed by atoms with van der Waals surface area (Å²) in [6.45, 7) is 4.39. The zero-order valence-corrected chi connectivity index (χ0v) is 11.9. The number of aromatic hydroxyl groups is 1. The van der Waals surface area contributed by atoms with E-state index in [0.717, 1.165) is 5.56 Å². The van der Waals surface area contributed by atoms with Crippen molar-refractivity contribution in [2.45, 2.75) is 20.4 Å². The van der Waals surface area contributed by atoms with Crippen LogP contribution in [-0.2, 0) is 11.3 Å². The van der Waals surface area contributed by atoms with Gasteiger partial charge in [0.05, 0.1) is 12.5 Å². The fourth-order valence-corrected chi connectivity index (χ4v) is 1.77. The van der Waals surface area contributed by atoms with Gasteiger partial charge < -0.3 is 20.5 Å². The second-order valence-corrected chi connectivity index (χ2v) is 5.26. The Morgan fingerprint density at radius 1 is 1.47 bits per heavy atom. The maximum Gasteiger partial charge on any atom is 0.229 e. The first kappa shape index (κ1) is 15.3. The lowest BCUT2D eigenvalue weighted by atomic mass is 9.92. The number of carbonyl (C=O) groups is 1. The molecule has 0 heterocycles. The van der Waals surface area contributed by atoms with Crippen molar-refractivity contribution in [3.63, 3.8) is 0 Å². The lowest BCUT2D eigenvalue weighted by Gasteiger charge is -2.28. The molecule has 19 heavy (non-hydrogen) atoms. The van der Waals surface area contributed by atoms with Crippen LogP contribution in [0.2, 0.25) is 0 Å². The van der Waals surface area contributed by atoms with Gasteiger partial charge in [-0.25, -0.2) is 0 Å². The van der Waals surface area contributed by atoms with Crippen LogP contribution in [-0.4, -0.2) is 36.6 Å². The zero-order valence-electron chi connectivity index (χ0n) is 11.9. The molecule has 1 aromatic carbocycles. The Bertz CT molecular complexity index is 458. The average Bonchev–Trinajstić information content (AvgIpc) is 2.39. The minimum absolute atomic E-state index is 0.0120. The van der Waals surface area contributed by atoms with E-state index in [9.17, 15) is 9.90 Å². The van der Waals surface area contributed by atoms with Crippen molar-refractivity contribution in [3.05, 3.63) is 23.8 Å². The summed E-state index contributed by atoms with van der Waals surface area (Å²) in [5.41, 5.74) is 5.92. The molecule has 1 amide bonds. The molecule has 0 saturated carbocycles. The molecule has 0 bridgehead atoms. The Balaban J connectivity index is 2.82. The van der Waals surface area contributed by atoms with Crippen LogP contribution >= 0.6 is 0 Å². The number of hydrogen-bond acceptors (Lipinski definition) is 4. The molecule has 0 radical (unpaired) electrons. The minimum atomic E-state index is -0.574. The lowest BCUT2D eigenvalue weighted by molar-refractivity contribution is -0.139. The zero-order chi connectivity index (χ0) is 14.6. The van der Waals surface area contributed by atoms with E-state index in [1.807, 2.05) is 13.8 Å². The number of nitrogens with zero attached hydrogens (tertiary/aromatic N) is 1. The van der Waals surface area contributed by atoms with Gasteiger partial charge in [-0.3, -0.25) is 4.79 Å². The van der Waals surface area contributed by atoms with Crippen LogP contribution in [0, 0.1) is 5.41 Å². The van der Waals surface area contributed by atoms with Crippen molar-refractivity contribution < 1.29 is 14.6 Å². The van der Waals surface area contributed by atoms with Crippen LogP contribution in [0.15, 0.2) is 18.2 Å². The van der Waals surface area contributed by atoms with Crippen LogP contribution in [0.25, 0.3) is 0 Å². The van der Waals surface area contributed by atoms with E-state index in [0.29, 0.717) is 18.8 Å². The van der Waals surface area contributed by atoms with Gasteiger partial charge in [0.1, 0.15) is 0 Å². The number of hydrogen-bond donors (Lipinski definition) is 2. The van der Waals surface area contributed by atoms with Crippen LogP contribution in [0.5, 0.6) is 11.5 Å². The highest BCUT2D eigenvalue weighted by atomic mass is 16.5. The van der Waals surface area contributed by atoms with E-state index in [2.05, 4.69) is 0 Å². The van der Waals surface area contributed by atoms with Crippen molar-refractivity contribution in [3.8, 4) is 11.5 Å². The summed E-state index contributed by atoms with van der Waals surface area (Å²) in [5.74, 6) is 0.473. The van der Waals surface area contributed by atoms with Gasteiger partial charge in [0.25, 0.3) is 0 Å². The van der Waals surface area contributed by atoms with Gasteiger partial charge in [0.15, 0.2) is 11.5 Å². The highest BCUT2D eigenvalue weighted by molar-refractivity contribution is 5.82. The topological polar surface area (TPSA) is 75.8 Å². The van der Waals surface area contributed by atoms with Gasteiger partial charge in [-0.1, -0.05) is 6.07 Å². The Labute approximate surface area is 114 Å². The van der Waals surface area contributed by atoms with Gasteiger partial charge in [0, 0.05) is 20.1 Å². The summed E-state index contributed by atoms with van der Waals surface area (Å²) in [6.07, 6.45) is 0. The third-order valence-corrected chi connectivity index (χ3v) is 3.10. The molecule has 1 rings (SSSR count). The van der Waals surface area contributed by atoms with Crippen LogP contribution in [0.1, 0.15) is 19.4 Å². The number of amides is 1. The van der Waals surface area contributed by atoms with Gasteiger partial charge in [-0.15, -0.1) is 0 Å². The third kappa shape index (κ3) is 3.61. The van der Waals surface area contributed by atoms with E-state index >= 15 is 0 Å². The predicted octanol–water partition coefficient (Wildman–Crippen LogP) is 1.34. The van der Waals surface area contributed by atoms with E-state index < -0.39 is 5.41 Å². The molecule has 0 aliphatic heterocycles. The summed E-state index contributed by atoms with van der Waals surface area (Å²) in [7, 11) is 3.23. The first-order valence-electron chi connectivity index (χ1n) is 6.13. The molecule has 0 unspecified atom stereocenters. The number of phenolic OH excluding ortho intramolecular Hbond substituents is 1. The van der Waals surface area contributed by atoms with E-state index in [-0.39, 0.29) is 11.7 Å². The fourth-order valence-electron chi connectivity index (χ4n) is 1.77. The molecule has 0 saturated heterocycles. The molecule has 0 spiro atoms. The van der Waals surface area contributed by atoms with Gasteiger partial charge in [-0.05, 0) is 31.5 Å². The summed E-state index contributed by atoms with van der Waals surface area (Å²) < 4.78 is 5.04. The van der Waals surface area contributed by atoms with E-state index in [1.165, 1.54) is 7.11 Å². The Kier molecular flexibility index (Phi) is 4.78. The fraction of sp³-hybridized carbons (Fsp3) is 0.500. The maximum atomic E-state index is 12.2. The van der Waals surface area contributed by atoms with Gasteiger partial charge in [0.2, 0.25) is 5.91 Å². The number of benzene rings is 1. The summed E-state index contributed by atoms with van der Waals surface area (Å²) in [5, 5.41) is 9.52. The molecule has 0 atom stereocenters. The second kappa shape index (κ2) is 5.93. The van der Waals surface area contributed by atoms with Crippen molar-refractivity contribution in [2.24, 2.45) is 11.1 Å². The summed E-state index contributed by atoms with van der Waals surface area (Å²) >= 11 is 0. The number of rotatable bonds is 5. The van der Waals surface area contributed by atoms with Crippen molar-refractivity contribution in [1.29, 1.82) is 0 Å². The van der Waals surface area contributed by atoms with E-state index in [4.69, 9.17) is 10.5 Å². The number of methoxy groups -OCH3 is 1. The molecule has 0 fully saturated rings. The monoisotopic (exact) mass is 266 g/mol. The Morgan fingerprint density at radius 2 is 2.11 bits per heavy atom. The quantitative estimate of drug-likeness (QED) is 0.843. The lowest BCUT2D eigenvalue weighted by Crippen LogP contribution is -2.42. The van der Waals surface area contributed by atoms with E-state index in [1.54, 1.807) is 30.1 Å². The summed E-state index contributed by atoms with van der Waals surface area (Å²) in [4.78, 5) is 13.8. The second-order valence-electron chi connectivity index (χ2n) is 5.26. The highest BCUT2D eigenvalue weighted by Crippen LogP contribution is 2.27. The third-order valence-electron chi connectivity index (χ3n) is 3.10. The minimum Gasteiger partial charge on any atom is -0.504 e. The van der Waals surface area contributed by atoms with Gasteiger partial charge >= 0.3 is 0 Å². The molecule has 0 aliphatic carbocycles. The average molecular weight is 266 g/mol. The largest absolute Gasteiger partial charge is 0.504 e. The number of carbonyl (C=O) groups excluding carboxylic acids is 1. The molecule has 5 heteroatoms. The SMILES string of the molecule is COc1cc(CN(C)C(=O)C(C)(C)CN)ccc1O. The highest BCUT2D eigenvalue weighted by Gasteiger charge is 2.28. The summed E-state index contributed by atoms with van der Waals surface area (Å²) in [6, 6.07) is 5.03. The Morgan fingerprint density at radius 3 is 2.63 bits per heavy atom. The Hall–Kier alpha value is -1.75. The van der Waals surface area contributed by atoms with Crippen LogP contribution in [0.4, 0.5) is 0 Å². The van der Waals surface area contributed by atoms with Crippen LogP contribution < -0.4 is 10.5 Å². The molecular weight excluding hydrogens is 244 g/mol. The molecule has 5 nitrogen and oxygen atoms in total.